The van der Waals surface area contributed by atoms with Crippen LogP contribution in [0.4, 0.5) is 0 Å². The molecule has 38 heavy (non-hydrogen) atoms. The maximum absolute atomic E-state index is 12.9. The van der Waals surface area contributed by atoms with Crippen molar-refractivity contribution in [1.82, 2.24) is 15.5 Å². The molecule has 1 saturated heterocycles. The molecule has 202 valence electrons. The van der Waals surface area contributed by atoms with Crippen LogP contribution in [-0.2, 0) is 14.3 Å². The SMILES string of the molecule is COC(=[OH+])[C@H](CNC(=O)c1ccccc1)NC(=O)C1CCN(C(=O)/C=C/c2ccc(SC)c(Cl)c2Cl)CC1. The molecule has 8 nitrogen and oxygen atoms in total. The first-order valence-corrected chi connectivity index (χ1v) is 14.0. The Balaban J connectivity index is 1.52. The molecule has 3 rings (SSSR count). The lowest BCUT2D eigenvalue weighted by Gasteiger charge is -2.31. The van der Waals surface area contributed by atoms with Crippen LogP contribution >= 0.6 is 35.0 Å². The highest BCUT2D eigenvalue weighted by atomic mass is 35.5. The number of nitrogens with one attached hydrogen (secondary N) is 2. The van der Waals surface area contributed by atoms with Gasteiger partial charge >= 0.3 is 5.97 Å². The molecular weight excluding hydrogens is 549 g/mol. The predicted octanol–water partition coefficient (Wildman–Crippen LogP) is 4.03. The number of ether oxygens (including phenoxy) is 1. The smallest absolute Gasteiger partial charge is 0.349 e. The molecule has 3 N–H and O–H groups in total. The van der Waals surface area contributed by atoms with Gasteiger partial charge in [-0.1, -0.05) is 47.5 Å². The Kier molecular flexibility index (Phi) is 11.1. The zero-order chi connectivity index (χ0) is 27.7. The number of benzene rings is 2. The van der Waals surface area contributed by atoms with Crippen LogP contribution in [0.15, 0.2) is 53.4 Å². The summed E-state index contributed by atoms with van der Waals surface area (Å²) >= 11 is 14.1. The summed E-state index contributed by atoms with van der Waals surface area (Å²) in [6, 6.07) is 11.4. The van der Waals surface area contributed by atoms with Gasteiger partial charge in [0.2, 0.25) is 17.9 Å². The number of rotatable bonds is 9. The van der Waals surface area contributed by atoms with Gasteiger partial charge in [-0.15, -0.1) is 11.8 Å². The second-order valence-electron chi connectivity index (χ2n) is 8.60. The number of halogens is 2. The summed E-state index contributed by atoms with van der Waals surface area (Å²) < 4.78 is 4.91. The quantitative estimate of drug-likeness (QED) is 0.202. The van der Waals surface area contributed by atoms with Crippen molar-refractivity contribution in [3.8, 4) is 0 Å². The van der Waals surface area contributed by atoms with Crippen LogP contribution in [0.2, 0.25) is 10.0 Å². The number of carbonyl (C=O) groups is 3. The third-order valence-electron chi connectivity index (χ3n) is 6.21. The molecular formula is C27H30Cl2N3O5S+. The van der Waals surface area contributed by atoms with E-state index in [0.717, 1.165) is 4.90 Å². The number of piperidine rings is 1. The zero-order valence-corrected chi connectivity index (χ0v) is 23.4. The normalized spacial score (nSPS) is 14.7. The molecule has 11 heteroatoms. The second kappa shape index (κ2) is 14.2. The van der Waals surface area contributed by atoms with Crippen molar-refractivity contribution in [2.24, 2.45) is 5.92 Å². The number of hydrogen-bond donors (Lipinski definition) is 2. The fourth-order valence-corrected chi connectivity index (χ4v) is 5.15. The molecule has 2 aromatic rings. The lowest BCUT2D eigenvalue weighted by molar-refractivity contribution is -0.132. The maximum atomic E-state index is 12.9. The highest BCUT2D eigenvalue weighted by Gasteiger charge is 2.33. The number of esters is 1. The van der Waals surface area contributed by atoms with Crippen LogP contribution in [0.5, 0.6) is 0 Å². The Hall–Kier alpha value is -3.01. The van der Waals surface area contributed by atoms with E-state index in [2.05, 4.69) is 10.6 Å². The van der Waals surface area contributed by atoms with Gasteiger partial charge in [0.1, 0.15) is 0 Å². The van der Waals surface area contributed by atoms with Gasteiger partial charge in [-0.3, -0.25) is 14.4 Å². The number of carbonyl (C=O) groups excluding carboxylic acids is 4. The van der Waals surface area contributed by atoms with E-state index in [1.807, 2.05) is 18.4 Å². The molecule has 0 saturated carbocycles. The van der Waals surface area contributed by atoms with Gasteiger partial charge in [0, 0.05) is 35.5 Å². The fraction of sp³-hybridized carbons (Fsp3) is 0.333. The lowest BCUT2D eigenvalue weighted by atomic mass is 9.95. The third-order valence-corrected chi connectivity index (χ3v) is 7.99. The van der Waals surface area contributed by atoms with E-state index in [9.17, 15) is 19.2 Å². The molecule has 0 aromatic heterocycles. The first-order valence-electron chi connectivity index (χ1n) is 12.0. The average Bonchev–Trinajstić information content (AvgIpc) is 2.95. The van der Waals surface area contributed by atoms with Crippen LogP contribution in [0, 0.1) is 5.92 Å². The number of thioether (sulfide) groups is 1. The molecule has 0 spiro atoms. The summed E-state index contributed by atoms with van der Waals surface area (Å²) in [7, 11) is 1.28. The Bertz CT molecular complexity index is 1200. The Morgan fingerprint density at radius 1 is 1.13 bits per heavy atom. The summed E-state index contributed by atoms with van der Waals surface area (Å²) in [6.45, 7) is 0.749. The maximum Gasteiger partial charge on any atom is 0.507 e. The summed E-state index contributed by atoms with van der Waals surface area (Å²) in [4.78, 5) is 50.6. The van der Waals surface area contributed by atoms with Crippen molar-refractivity contribution < 1.29 is 23.9 Å². The molecule has 0 unspecified atom stereocenters. The first kappa shape index (κ1) is 29.5. The van der Waals surface area contributed by atoms with Crippen molar-refractivity contribution in [2.45, 2.75) is 23.8 Å². The molecule has 1 heterocycles. The number of amides is 3. The number of nitrogens with zero attached hydrogens (tertiary/aromatic N) is 1. The molecule has 3 amide bonds. The summed E-state index contributed by atoms with van der Waals surface area (Å²) in [5.41, 5.74) is 1.11. The highest BCUT2D eigenvalue weighted by molar-refractivity contribution is 7.98. The fourth-order valence-electron chi connectivity index (χ4n) is 3.98. The van der Waals surface area contributed by atoms with Gasteiger partial charge in [0.05, 0.1) is 16.6 Å². The molecule has 0 radical (unpaired) electrons. The van der Waals surface area contributed by atoms with E-state index in [-0.39, 0.29) is 30.2 Å². The van der Waals surface area contributed by atoms with Crippen LogP contribution < -0.4 is 10.6 Å². The van der Waals surface area contributed by atoms with Crippen molar-refractivity contribution in [3.05, 3.63) is 69.7 Å². The zero-order valence-electron chi connectivity index (χ0n) is 21.1. The first-order chi connectivity index (χ1) is 18.2. The van der Waals surface area contributed by atoms with Gasteiger partial charge < -0.3 is 25.1 Å². The highest BCUT2D eigenvalue weighted by Crippen LogP contribution is 2.35. The van der Waals surface area contributed by atoms with E-state index in [1.165, 1.54) is 24.9 Å². The van der Waals surface area contributed by atoms with E-state index in [1.54, 1.807) is 41.3 Å². The number of likely N-dealkylation sites (tertiary alicyclic amines) is 1. The van der Waals surface area contributed by atoms with E-state index < -0.39 is 12.0 Å². The second-order valence-corrected chi connectivity index (χ2v) is 10.2. The van der Waals surface area contributed by atoms with Crippen molar-refractivity contribution in [2.75, 3.05) is 33.0 Å². The van der Waals surface area contributed by atoms with E-state index in [0.29, 0.717) is 47.1 Å². The standard InChI is InChI=1S/C27H29Cl2N3O5S/c1-37-27(36)20(16-30-25(34)18-6-4-3-5-7-18)31-26(35)19-12-14-32(15-13-19)22(33)11-9-17-8-10-21(38-2)24(29)23(17)28/h3-11,19-20H,12-16H2,1-2H3,(H,30,34)(H,31,35)/p+1/b11-9+/t20-/m0/s1. The largest absolute Gasteiger partial charge is 0.507 e. The van der Waals surface area contributed by atoms with E-state index in [4.69, 9.17) is 27.9 Å². The number of hydrogen-bond acceptors (Lipinski definition) is 5. The van der Waals surface area contributed by atoms with Gasteiger partial charge in [0.15, 0.2) is 7.11 Å². The molecule has 1 aliphatic heterocycles. The monoisotopic (exact) mass is 578 g/mol. The Morgan fingerprint density at radius 3 is 2.45 bits per heavy atom. The summed E-state index contributed by atoms with van der Waals surface area (Å²) in [6.07, 6.45) is 5.91. The lowest BCUT2D eigenvalue weighted by Crippen LogP contribution is -2.52. The van der Waals surface area contributed by atoms with Crippen LogP contribution in [-0.4, -0.2) is 72.4 Å². The van der Waals surface area contributed by atoms with Gasteiger partial charge in [0.25, 0.3) is 5.91 Å². The minimum Gasteiger partial charge on any atom is -0.349 e. The van der Waals surface area contributed by atoms with Crippen molar-refractivity contribution in [1.29, 1.82) is 0 Å². The molecule has 0 bridgehead atoms. The average molecular weight is 580 g/mol. The summed E-state index contributed by atoms with van der Waals surface area (Å²) in [5, 5.41) is 6.28. The van der Waals surface area contributed by atoms with Crippen LogP contribution in [0.3, 0.4) is 0 Å². The molecule has 1 fully saturated rings. The number of methoxy groups -OCH3 is 1. The molecule has 0 aliphatic carbocycles. The van der Waals surface area contributed by atoms with Gasteiger partial charge in [-0.2, -0.15) is 0 Å². The Morgan fingerprint density at radius 2 is 1.82 bits per heavy atom. The van der Waals surface area contributed by atoms with Crippen LogP contribution in [0.25, 0.3) is 6.08 Å². The minimum atomic E-state index is -0.920. The van der Waals surface area contributed by atoms with Crippen LogP contribution in [0.1, 0.15) is 28.8 Å². The third kappa shape index (κ3) is 7.75. The topological polar surface area (TPSA) is 109 Å². The minimum absolute atomic E-state index is 0.0498. The van der Waals surface area contributed by atoms with Gasteiger partial charge in [-0.05, 0) is 48.9 Å². The van der Waals surface area contributed by atoms with Gasteiger partial charge in [-0.25, -0.2) is 0 Å². The Labute approximate surface area is 236 Å². The molecule has 1 atom stereocenters. The summed E-state index contributed by atoms with van der Waals surface area (Å²) in [5.74, 6) is -1.57. The molecule has 2 aromatic carbocycles. The predicted molar refractivity (Wildman–Crippen MR) is 151 cm³/mol. The van der Waals surface area contributed by atoms with Crippen molar-refractivity contribution in [3.63, 3.8) is 0 Å². The van der Waals surface area contributed by atoms with E-state index >= 15 is 0 Å². The van der Waals surface area contributed by atoms with Crippen molar-refractivity contribution >= 4 is 64.7 Å². The molecule has 1 aliphatic rings.